The van der Waals surface area contributed by atoms with Gasteiger partial charge in [0.25, 0.3) is 5.91 Å². The highest BCUT2D eigenvalue weighted by Gasteiger charge is 2.47. The quantitative estimate of drug-likeness (QED) is 0.299. The van der Waals surface area contributed by atoms with Crippen LogP contribution < -0.4 is 14.8 Å². The number of hydrogen-bond acceptors (Lipinski definition) is 6. The topological polar surface area (TPSA) is 119 Å². The van der Waals surface area contributed by atoms with Gasteiger partial charge in [-0.1, -0.05) is 31.5 Å². The fourth-order valence-electron chi connectivity index (χ4n) is 5.00. The summed E-state index contributed by atoms with van der Waals surface area (Å²) in [6.45, 7) is 1.88. The van der Waals surface area contributed by atoms with Crippen molar-refractivity contribution in [3.05, 3.63) is 34.5 Å². The molecule has 1 aliphatic rings. The third kappa shape index (κ3) is 8.37. The molecule has 1 aromatic heterocycles. The molecule has 0 bridgehead atoms. The molecular weight excluding hydrogens is 623 g/mol. The number of hydrogen-bond donors (Lipinski definition) is 2. The van der Waals surface area contributed by atoms with Gasteiger partial charge in [0.05, 0.1) is 21.4 Å². The Kier molecular flexibility index (Phi) is 10.7. The lowest BCUT2D eigenvalue weighted by molar-refractivity contribution is -0.211. The van der Waals surface area contributed by atoms with E-state index in [9.17, 15) is 40.0 Å². The van der Waals surface area contributed by atoms with E-state index in [-0.39, 0.29) is 46.5 Å². The Morgan fingerprint density at radius 2 is 1.79 bits per heavy atom. The molecule has 240 valence electrons. The normalized spacial score (nSPS) is 18.0. The van der Waals surface area contributed by atoms with E-state index in [1.165, 1.54) is 16.8 Å². The van der Waals surface area contributed by atoms with Crippen molar-refractivity contribution < 1.29 is 44.7 Å². The second-order valence-electron chi connectivity index (χ2n) is 11.2. The van der Waals surface area contributed by atoms with Crippen molar-refractivity contribution in [1.29, 1.82) is 0 Å². The molecule has 0 unspecified atom stereocenters. The van der Waals surface area contributed by atoms with Crippen LogP contribution in [0.1, 0.15) is 69.4 Å². The molecule has 2 amide bonds. The monoisotopic (exact) mass is 656 g/mol. The van der Waals surface area contributed by atoms with Gasteiger partial charge >= 0.3 is 12.8 Å². The molecule has 2 aromatic rings. The highest BCUT2D eigenvalue weighted by atomic mass is 35.5. The first-order valence-corrected chi connectivity index (χ1v) is 15.5. The van der Waals surface area contributed by atoms with Crippen LogP contribution in [0.15, 0.2) is 18.2 Å². The number of ether oxygens (including phenoxy) is 1. The van der Waals surface area contributed by atoms with E-state index in [0.29, 0.717) is 25.7 Å². The van der Waals surface area contributed by atoms with E-state index in [1.807, 2.05) is 4.72 Å². The number of nitrogens with one attached hydrogen (secondary N) is 2. The van der Waals surface area contributed by atoms with Crippen LogP contribution in [0.25, 0.3) is 11.3 Å². The summed E-state index contributed by atoms with van der Waals surface area (Å²) in [4.78, 5) is 24.2. The maximum absolute atomic E-state index is 13.4. The summed E-state index contributed by atoms with van der Waals surface area (Å²) in [5, 5.41) is 6.09. The molecule has 9 nitrogen and oxygen atoms in total. The minimum Gasteiger partial charge on any atom is -0.434 e. The lowest BCUT2D eigenvalue weighted by Gasteiger charge is -2.28. The van der Waals surface area contributed by atoms with Crippen molar-refractivity contribution in [2.45, 2.75) is 84.4 Å². The van der Waals surface area contributed by atoms with Crippen molar-refractivity contribution in [2.24, 2.45) is 11.3 Å². The number of sulfonamides is 1. The fourth-order valence-corrected chi connectivity index (χ4v) is 6.78. The lowest BCUT2D eigenvalue weighted by atomic mass is 9.84. The van der Waals surface area contributed by atoms with Gasteiger partial charge in [0.1, 0.15) is 5.75 Å². The van der Waals surface area contributed by atoms with Crippen LogP contribution in [0, 0.1) is 11.3 Å². The molecule has 43 heavy (non-hydrogen) atoms. The molecule has 1 aliphatic carbocycles. The van der Waals surface area contributed by atoms with Crippen molar-refractivity contribution in [3.8, 4) is 17.0 Å². The first-order valence-electron chi connectivity index (χ1n) is 13.6. The van der Waals surface area contributed by atoms with Crippen molar-refractivity contribution in [3.63, 3.8) is 0 Å². The average molecular weight is 657 g/mol. The Morgan fingerprint density at radius 3 is 2.33 bits per heavy atom. The maximum Gasteiger partial charge on any atom is 0.394 e. The predicted molar refractivity (Wildman–Crippen MR) is 149 cm³/mol. The number of nitrogens with zero attached hydrogens (tertiary/aromatic N) is 2. The number of carbonyl (C=O) groups is 2. The van der Waals surface area contributed by atoms with Gasteiger partial charge in [-0.05, 0) is 62.6 Å². The van der Waals surface area contributed by atoms with Crippen LogP contribution >= 0.6 is 11.6 Å². The summed E-state index contributed by atoms with van der Waals surface area (Å²) >= 11 is 6.55. The Balaban J connectivity index is 1.80. The number of halogens is 6. The number of alkyl halides is 5. The van der Waals surface area contributed by atoms with Crippen LogP contribution in [-0.4, -0.2) is 54.6 Å². The highest BCUT2D eigenvalue weighted by molar-refractivity contribution is 7.90. The van der Waals surface area contributed by atoms with E-state index < -0.39 is 57.5 Å². The average Bonchev–Trinajstić information content (AvgIpc) is 3.21. The first kappa shape index (κ1) is 34.5. The zero-order valence-corrected chi connectivity index (χ0v) is 25.6. The van der Waals surface area contributed by atoms with Gasteiger partial charge in [0, 0.05) is 25.6 Å². The molecule has 2 N–H and O–H groups in total. The number of carbonyl (C=O) groups excluding carboxylic acids is 2. The molecule has 0 atom stereocenters. The van der Waals surface area contributed by atoms with Crippen LogP contribution in [0.4, 0.5) is 22.0 Å². The molecule has 0 saturated heterocycles. The summed E-state index contributed by atoms with van der Waals surface area (Å²) in [5.74, 6) is -1.77. The van der Waals surface area contributed by atoms with Gasteiger partial charge < -0.3 is 10.1 Å². The summed E-state index contributed by atoms with van der Waals surface area (Å²) in [6.07, 6.45) is -3.45. The maximum atomic E-state index is 13.4. The second-order valence-corrected chi connectivity index (χ2v) is 13.5. The Bertz CT molecular complexity index is 1440. The number of aromatic nitrogens is 2. The number of aryl methyl sites for hydroxylation is 1. The standard InChI is InChI=1S/C27H34ClF5N4O5S/c1-5-37-23(19-11-8-17(12-20(19)42-25(29)30)13-26(3,4)27(31,32)33)21(28)22(35-37)24(39)34-14-16-6-9-18(10-7-16)43(40,41)36-15(2)38/h8,11-12,16,18,25H,5-7,9-10,13-14H2,1-4H3,(H,34,39)(H,36,38). The number of rotatable bonds is 11. The third-order valence-electron chi connectivity index (χ3n) is 7.41. The molecule has 0 spiro atoms. The largest absolute Gasteiger partial charge is 0.434 e. The van der Waals surface area contributed by atoms with Crippen LogP contribution in [-0.2, 0) is 27.8 Å². The van der Waals surface area contributed by atoms with Crippen molar-refractivity contribution >= 4 is 33.4 Å². The van der Waals surface area contributed by atoms with Gasteiger partial charge in [-0.15, -0.1) is 0 Å². The molecule has 1 fully saturated rings. The molecule has 3 rings (SSSR count). The predicted octanol–water partition coefficient (Wildman–Crippen LogP) is 5.71. The van der Waals surface area contributed by atoms with E-state index in [0.717, 1.165) is 26.8 Å². The molecule has 0 radical (unpaired) electrons. The zero-order valence-electron chi connectivity index (χ0n) is 24.0. The fraction of sp³-hybridized carbons (Fsp3) is 0.593. The van der Waals surface area contributed by atoms with Gasteiger partial charge in [0.2, 0.25) is 15.9 Å². The summed E-state index contributed by atoms with van der Waals surface area (Å²) in [7, 11) is -3.77. The van der Waals surface area contributed by atoms with Crippen molar-refractivity contribution in [2.75, 3.05) is 6.54 Å². The molecule has 1 aromatic carbocycles. The van der Waals surface area contributed by atoms with Crippen LogP contribution in [0.2, 0.25) is 5.02 Å². The van der Waals surface area contributed by atoms with E-state index >= 15 is 0 Å². The summed E-state index contributed by atoms with van der Waals surface area (Å²) in [5.41, 5.74) is -2.12. The smallest absolute Gasteiger partial charge is 0.394 e. The lowest BCUT2D eigenvalue weighted by Crippen LogP contribution is -2.40. The molecule has 16 heteroatoms. The molecule has 1 heterocycles. The zero-order chi connectivity index (χ0) is 32.3. The number of amides is 2. The Labute approximate surface area is 251 Å². The molecular formula is C27H34ClF5N4O5S. The van der Waals surface area contributed by atoms with Gasteiger partial charge in [-0.2, -0.15) is 27.1 Å². The minimum atomic E-state index is -4.54. The third-order valence-corrected chi connectivity index (χ3v) is 9.69. The SMILES string of the molecule is CCn1nc(C(=O)NCC2CCC(S(=O)(=O)NC(C)=O)CC2)c(Cl)c1-c1ccc(CC(C)(C)C(F)(F)F)cc1OC(F)F. The Morgan fingerprint density at radius 1 is 1.16 bits per heavy atom. The first-order chi connectivity index (χ1) is 19.9. The minimum absolute atomic E-state index is 0.0194. The summed E-state index contributed by atoms with van der Waals surface area (Å²) < 4.78 is 99.4. The van der Waals surface area contributed by atoms with E-state index in [4.69, 9.17) is 11.6 Å². The molecule has 0 aliphatic heterocycles. The second kappa shape index (κ2) is 13.4. The summed E-state index contributed by atoms with van der Waals surface area (Å²) in [6, 6.07) is 3.76. The van der Waals surface area contributed by atoms with Gasteiger partial charge in [-0.25, -0.2) is 8.42 Å². The van der Waals surface area contributed by atoms with Crippen LogP contribution in [0.3, 0.4) is 0 Å². The highest BCUT2D eigenvalue weighted by Crippen LogP contribution is 2.43. The number of benzene rings is 1. The van der Waals surface area contributed by atoms with Gasteiger partial charge in [0.15, 0.2) is 5.69 Å². The van der Waals surface area contributed by atoms with E-state index in [1.54, 1.807) is 6.92 Å². The van der Waals surface area contributed by atoms with Crippen LogP contribution in [0.5, 0.6) is 5.75 Å². The van der Waals surface area contributed by atoms with Crippen molar-refractivity contribution in [1.82, 2.24) is 19.8 Å². The van der Waals surface area contributed by atoms with Gasteiger partial charge in [-0.3, -0.25) is 19.0 Å². The van der Waals surface area contributed by atoms with E-state index in [2.05, 4.69) is 15.2 Å². The Hall–Kier alpha value is -2.94. The molecule has 1 saturated carbocycles.